The highest BCUT2D eigenvalue weighted by Gasteiger charge is 2.19. The highest BCUT2D eigenvalue weighted by atomic mass is 16.4. The van der Waals surface area contributed by atoms with Crippen molar-refractivity contribution >= 4 is 17.7 Å². The molecular weight excluding hydrogens is 274 g/mol. The number of carboxylic acids is 1. The monoisotopic (exact) mass is 291 g/mol. The van der Waals surface area contributed by atoms with E-state index in [1.54, 1.807) is 6.07 Å². The molecule has 0 aliphatic heterocycles. The molecule has 112 valence electrons. The van der Waals surface area contributed by atoms with Crippen LogP contribution in [0.4, 0.5) is 5.82 Å². The van der Waals surface area contributed by atoms with E-state index in [4.69, 9.17) is 5.11 Å². The number of nitrogens with one attached hydrogen (secondary N) is 2. The fourth-order valence-corrected chi connectivity index (χ4v) is 1.66. The maximum Gasteiger partial charge on any atom is 0.325 e. The summed E-state index contributed by atoms with van der Waals surface area (Å²) in [7, 11) is 0. The number of rotatable bonds is 4. The quantitative estimate of drug-likeness (QED) is 0.784. The summed E-state index contributed by atoms with van der Waals surface area (Å²) in [6.45, 7) is 5.77. The van der Waals surface area contributed by atoms with Gasteiger partial charge in [0.1, 0.15) is 6.54 Å². The Labute approximate surface area is 121 Å². The Bertz CT molecular complexity index is 665. The molecule has 3 N–H and O–H groups in total. The summed E-state index contributed by atoms with van der Waals surface area (Å²) < 4.78 is 1.23. The molecular formula is C13H17N5O3. The largest absolute Gasteiger partial charge is 0.480 e. The number of anilines is 1. The van der Waals surface area contributed by atoms with Crippen molar-refractivity contribution in [3.8, 4) is 0 Å². The standard InChI is InChI=1S/C13H17N5O3/c1-13(2,3)9-6-8(15-16-9)12(21)14-10-4-5-18(17-10)7-11(19)20/h4-6H,7H2,1-3H3,(H,15,16)(H,19,20)(H,14,17,21). The molecule has 0 aliphatic rings. The van der Waals surface area contributed by atoms with Crippen LogP contribution in [0.15, 0.2) is 18.3 Å². The number of carboxylic acid groups (broad SMARTS) is 1. The first kappa shape index (κ1) is 14.8. The lowest BCUT2D eigenvalue weighted by Crippen LogP contribution is -2.14. The van der Waals surface area contributed by atoms with Gasteiger partial charge in [-0.3, -0.25) is 19.4 Å². The maximum absolute atomic E-state index is 12.0. The Hall–Kier alpha value is -2.64. The van der Waals surface area contributed by atoms with Gasteiger partial charge in [0.15, 0.2) is 11.5 Å². The molecule has 0 aliphatic carbocycles. The normalized spacial score (nSPS) is 11.4. The lowest BCUT2D eigenvalue weighted by Gasteiger charge is -2.14. The molecule has 0 atom stereocenters. The zero-order valence-electron chi connectivity index (χ0n) is 12.0. The van der Waals surface area contributed by atoms with E-state index >= 15 is 0 Å². The van der Waals surface area contributed by atoms with Gasteiger partial charge in [-0.05, 0) is 6.07 Å². The SMILES string of the molecule is CC(C)(C)c1cc(C(=O)Nc2ccn(CC(=O)O)n2)n[nH]1. The van der Waals surface area contributed by atoms with Gasteiger partial charge in [0.25, 0.3) is 5.91 Å². The van der Waals surface area contributed by atoms with Gasteiger partial charge in [-0.2, -0.15) is 10.2 Å². The second-order valence-electron chi connectivity index (χ2n) is 5.66. The van der Waals surface area contributed by atoms with E-state index in [1.165, 1.54) is 16.9 Å². The minimum atomic E-state index is -1.00. The second kappa shape index (κ2) is 5.39. The third-order valence-corrected chi connectivity index (χ3v) is 2.80. The molecule has 0 fully saturated rings. The third kappa shape index (κ3) is 3.68. The summed E-state index contributed by atoms with van der Waals surface area (Å²) in [5.41, 5.74) is 0.978. The summed E-state index contributed by atoms with van der Waals surface area (Å²) in [6, 6.07) is 3.21. The van der Waals surface area contributed by atoms with Crippen molar-refractivity contribution in [2.24, 2.45) is 0 Å². The number of H-pyrrole nitrogens is 1. The van der Waals surface area contributed by atoms with Crippen molar-refractivity contribution in [1.82, 2.24) is 20.0 Å². The lowest BCUT2D eigenvalue weighted by molar-refractivity contribution is -0.137. The van der Waals surface area contributed by atoms with Gasteiger partial charge >= 0.3 is 5.97 Å². The number of aromatic amines is 1. The van der Waals surface area contributed by atoms with Crippen molar-refractivity contribution in [3.63, 3.8) is 0 Å². The molecule has 0 aromatic carbocycles. The van der Waals surface area contributed by atoms with E-state index in [0.717, 1.165) is 5.69 Å². The highest BCUT2D eigenvalue weighted by Crippen LogP contribution is 2.20. The molecule has 0 radical (unpaired) electrons. The summed E-state index contributed by atoms with van der Waals surface area (Å²) in [5, 5.41) is 22.0. The number of carbonyl (C=O) groups excluding carboxylic acids is 1. The summed E-state index contributed by atoms with van der Waals surface area (Å²) in [4.78, 5) is 22.6. The van der Waals surface area contributed by atoms with E-state index in [-0.39, 0.29) is 23.5 Å². The van der Waals surface area contributed by atoms with Crippen LogP contribution in [0, 0.1) is 0 Å². The zero-order chi connectivity index (χ0) is 15.6. The van der Waals surface area contributed by atoms with Crippen molar-refractivity contribution in [2.45, 2.75) is 32.7 Å². The number of aromatic nitrogens is 4. The topological polar surface area (TPSA) is 113 Å². The van der Waals surface area contributed by atoms with Crippen molar-refractivity contribution in [2.75, 3.05) is 5.32 Å². The summed E-state index contributed by atoms with van der Waals surface area (Å²) in [6.07, 6.45) is 1.48. The Morgan fingerprint density at radius 2 is 2.14 bits per heavy atom. The summed E-state index contributed by atoms with van der Waals surface area (Å²) >= 11 is 0. The fourth-order valence-electron chi connectivity index (χ4n) is 1.66. The van der Waals surface area contributed by atoms with Crippen molar-refractivity contribution < 1.29 is 14.7 Å². The van der Waals surface area contributed by atoms with Crippen LogP contribution < -0.4 is 5.32 Å². The first-order chi connectivity index (χ1) is 9.75. The molecule has 8 heteroatoms. The Morgan fingerprint density at radius 1 is 1.43 bits per heavy atom. The van der Waals surface area contributed by atoms with Gasteiger partial charge in [0.2, 0.25) is 0 Å². The lowest BCUT2D eigenvalue weighted by atomic mass is 9.92. The fraction of sp³-hybridized carbons (Fsp3) is 0.385. The van der Waals surface area contributed by atoms with E-state index in [9.17, 15) is 9.59 Å². The molecule has 2 aromatic rings. The van der Waals surface area contributed by atoms with Crippen LogP contribution in [-0.4, -0.2) is 37.0 Å². The second-order valence-corrected chi connectivity index (χ2v) is 5.66. The Balaban J connectivity index is 2.06. The number of nitrogens with zero attached hydrogens (tertiary/aromatic N) is 3. The Morgan fingerprint density at radius 3 is 2.71 bits per heavy atom. The molecule has 0 bridgehead atoms. The molecule has 2 rings (SSSR count). The van der Waals surface area contributed by atoms with Crippen LogP contribution in [0.1, 0.15) is 37.0 Å². The minimum Gasteiger partial charge on any atom is -0.480 e. The van der Waals surface area contributed by atoms with E-state index in [0.29, 0.717) is 0 Å². The van der Waals surface area contributed by atoms with E-state index in [1.807, 2.05) is 20.8 Å². The molecule has 2 aromatic heterocycles. The predicted molar refractivity (Wildman–Crippen MR) is 75.1 cm³/mol. The molecule has 1 amide bonds. The Kier molecular flexibility index (Phi) is 3.79. The van der Waals surface area contributed by atoms with Crippen LogP contribution in [0.3, 0.4) is 0 Å². The number of carbonyl (C=O) groups is 2. The van der Waals surface area contributed by atoms with Gasteiger partial charge in [-0.25, -0.2) is 0 Å². The smallest absolute Gasteiger partial charge is 0.325 e. The number of amides is 1. The first-order valence-corrected chi connectivity index (χ1v) is 6.38. The van der Waals surface area contributed by atoms with Gasteiger partial charge in [-0.15, -0.1) is 0 Å². The molecule has 0 spiro atoms. The first-order valence-electron chi connectivity index (χ1n) is 6.38. The number of aliphatic carboxylic acids is 1. The maximum atomic E-state index is 12.0. The van der Waals surface area contributed by atoms with Crippen LogP contribution in [0.25, 0.3) is 0 Å². The van der Waals surface area contributed by atoms with Crippen molar-refractivity contribution in [3.05, 3.63) is 29.7 Å². The summed E-state index contributed by atoms with van der Waals surface area (Å²) in [5.74, 6) is -1.12. The average Bonchev–Trinajstić information content (AvgIpc) is 2.96. The van der Waals surface area contributed by atoms with Crippen LogP contribution in [0.2, 0.25) is 0 Å². The van der Waals surface area contributed by atoms with Crippen LogP contribution in [-0.2, 0) is 16.8 Å². The minimum absolute atomic E-state index is 0.130. The molecule has 2 heterocycles. The van der Waals surface area contributed by atoms with Crippen molar-refractivity contribution in [1.29, 1.82) is 0 Å². The molecule has 0 saturated carbocycles. The van der Waals surface area contributed by atoms with Crippen LogP contribution in [0.5, 0.6) is 0 Å². The van der Waals surface area contributed by atoms with Crippen LogP contribution >= 0.6 is 0 Å². The number of hydrogen-bond acceptors (Lipinski definition) is 4. The van der Waals surface area contributed by atoms with Gasteiger partial charge in [0, 0.05) is 23.4 Å². The van der Waals surface area contributed by atoms with E-state index in [2.05, 4.69) is 20.6 Å². The average molecular weight is 291 g/mol. The molecule has 21 heavy (non-hydrogen) atoms. The van der Waals surface area contributed by atoms with E-state index < -0.39 is 11.9 Å². The van der Waals surface area contributed by atoms with Gasteiger partial charge in [0.05, 0.1) is 0 Å². The number of hydrogen-bond donors (Lipinski definition) is 3. The highest BCUT2D eigenvalue weighted by molar-refractivity contribution is 6.02. The zero-order valence-corrected chi connectivity index (χ0v) is 12.0. The van der Waals surface area contributed by atoms with Gasteiger partial charge in [-0.1, -0.05) is 20.8 Å². The van der Waals surface area contributed by atoms with Gasteiger partial charge < -0.3 is 10.4 Å². The molecule has 0 unspecified atom stereocenters. The third-order valence-electron chi connectivity index (χ3n) is 2.80. The molecule has 8 nitrogen and oxygen atoms in total. The molecule has 0 saturated heterocycles. The predicted octanol–water partition coefficient (Wildman–Crippen LogP) is 1.24.